The third-order valence-corrected chi connectivity index (χ3v) is 3.05. The zero-order valence-corrected chi connectivity index (χ0v) is 11.1. The summed E-state index contributed by atoms with van der Waals surface area (Å²) >= 11 is 0. The SMILES string of the molecule is COC(=O)c1cc(N2CCNC(=O)C2)c([N+](=O)[O-])cc1F. The first-order valence-corrected chi connectivity index (χ1v) is 6.02. The molecule has 1 amide bonds. The lowest BCUT2D eigenvalue weighted by atomic mass is 10.1. The van der Waals surface area contributed by atoms with E-state index in [1.54, 1.807) is 0 Å². The van der Waals surface area contributed by atoms with Crippen LogP contribution in [-0.4, -0.2) is 43.5 Å². The van der Waals surface area contributed by atoms with E-state index in [2.05, 4.69) is 10.1 Å². The van der Waals surface area contributed by atoms with Gasteiger partial charge >= 0.3 is 5.97 Å². The van der Waals surface area contributed by atoms with Crippen LogP contribution in [0.25, 0.3) is 0 Å². The number of nitrogens with one attached hydrogen (secondary N) is 1. The summed E-state index contributed by atoms with van der Waals surface area (Å²) in [5, 5.41) is 13.6. The first-order chi connectivity index (χ1) is 9.93. The van der Waals surface area contributed by atoms with E-state index in [1.807, 2.05) is 0 Å². The molecule has 0 bridgehead atoms. The molecular formula is C12H12FN3O5. The fourth-order valence-corrected chi connectivity index (χ4v) is 2.06. The Morgan fingerprint density at radius 2 is 2.24 bits per heavy atom. The van der Waals surface area contributed by atoms with Crippen molar-refractivity contribution in [3.63, 3.8) is 0 Å². The minimum atomic E-state index is -1.04. The van der Waals surface area contributed by atoms with Gasteiger partial charge in [-0.3, -0.25) is 14.9 Å². The molecule has 0 spiro atoms. The number of methoxy groups -OCH3 is 1. The number of piperazine rings is 1. The number of rotatable bonds is 3. The average Bonchev–Trinajstić information content (AvgIpc) is 2.46. The molecule has 1 aliphatic heterocycles. The molecule has 9 heteroatoms. The predicted octanol–water partition coefficient (Wildman–Crippen LogP) is 0.457. The third-order valence-electron chi connectivity index (χ3n) is 3.05. The van der Waals surface area contributed by atoms with Crippen molar-refractivity contribution in [2.75, 3.05) is 31.6 Å². The first kappa shape index (κ1) is 14.7. The quantitative estimate of drug-likeness (QED) is 0.494. The number of amides is 1. The van der Waals surface area contributed by atoms with Crippen LogP contribution in [0.1, 0.15) is 10.4 Å². The van der Waals surface area contributed by atoms with E-state index in [0.717, 1.165) is 13.2 Å². The molecule has 1 N–H and O–H groups in total. The van der Waals surface area contributed by atoms with E-state index in [1.165, 1.54) is 4.90 Å². The van der Waals surface area contributed by atoms with Gasteiger partial charge in [-0.15, -0.1) is 0 Å². The lowest BCUT2D eigenvalue weighted by molar-refractivity contribution is -0.384. The number of hydrogen-bond donors (Lipinski definition) is 1. The maximum atomic E-state index is 13.8. The van der Waals surface area contributed by atoms with E-state index in [-0.39, 0.29) is 18.1 Å². The van der Waals surface area contributed by atoms with Gasteiger partial charge in [0.2, 0.25) is 5.91 Å². The summed E-state index contributed by atoms with van der Waals surface area (Å²) in [5.74, 6) is -2.29. The normalized spacial score (nSPS) is 14.6. The number of ether oxygens (including phenoxy) is 1. The van der Waals surface area contributed by atoms with Gasteiger partial charge < -0.3 is 15.0 Å². The molecule has 0 aliphatic carbocycles. The minimum Gasteiger partial charge on any atom is -0.465 e. The molecule has 2 rings (SSSR count). The maximum Gasteiger partial charge on any atom is 0.340 e. The number of carbonyl (C=O) groups excluding carboxylic acids is 2. The van der Waals surface area contributed by atoms with Crippen molar-refractivity contribution in [3.05, 3.63) is 33.6 Å². The molecule has 1 aromatic carbocycles. The predicted molar refractivity (Wildman–Crippen MR) is 69.6 cm³/mol. The van der Waals surface area contributed by atoms with Crippen molar-refractivity contribution in [2.24, 2.45) is 0 Å². The van der Waals surface area contributed by atoms with Crippen molar-refractivity contribution in [1.82, 2.24) is 5.32 Å². The van der Waals surface area contributed by atoms with Crippen LogP contribution in [-0.2, 0) is 9.53 Å². The Kier molecular flexibility index (Phi) is 4.01. The van der Waals surface area contributed by atoms with Crippen molar-refractivity contribution in [3.8, 4) is 0 Å². The Morgan fingerprint density at radius 1 is 1.52 bits per heavy atom. The Labute approximate surface area is 118 Å². The number of carbonyl (C=O) groups is 2. The number of nitro groups is 1. The highest BCUT2D eigenvalue weighted by atomic mass is 19.1. The molecule has 0 atom stereocenters. The smallest absolute Gasteiger partial charge is 0.340 e. The summed E-state index contributed by atoms with van der Waals surface area (Å²) in [6.45, 7) is 0.521. The van der Waals surface area contributed by atoms with E-state index >= 15 is 0 Å². The van der Waals surface area contributed by atoms with Gasteiger partial charge in [-0.1, -0.05) is 0 Å². The molecule has 1 aliphatic rings. The molecule has 0 unspecified atom stereocenters. The highest BCUT2D eigenvalue weighted by Crippen LogP contribution is 2.31. The first-order valence-electron chi connectivity index (χ1n) is 6.02. The van der Waals surface area contributed by atoms with Gasteiger partial charge in [-0.05, 0) is 6.07 Å². The number of esters is 1. The van der Waals surface area contributed by atoms with Crippen molar-refractivity contribution in [1.29, 1.82) is 0 Å². The van der Waals surface area contributed by atoms with Crippen LogP contribution < -0.4 is 10.2 Å². The standard InChI is InChI=1S/C12H12FN3O5/c1-21-12(18)7-4-9(10(16(19)20)5-8(7)13)15-3-2-14-11(17)6-15/h4-5H,2-3,6H2,1H3,(H,14,17). The second kappa shape index (κ2) is 5.73. The van der Waals surface area contributed by atoms with E-state index < -0.39 is 28.0 Å². The monoisotopic (exact) mass is 297 g/mol. The highest BCUT2D eigenvalue weighted by Gasteiger charge is 2.28. The molecule has 1 saturated heterocycles. The zero-order valence-electron chi connectivity index (χ0n) is 11.1. The van der Waals surface area contributed by atoms with Crippen LogP contribution in [0.15, 0.2) is 12.1 Å². The Bertz CT molecular complexity index is 619. The Morgan fingerprint density at radius 3 is 2.81 bits per heavy atom. The van der Waals surface area contributed by atoms with Crippen LogP contribution in [0.5, 0.6) is 0 Å². The second-order valence-corrected chi connectivity index (χ2v) is 4.34. The second-order valence-electron chi connectivity index (χ2n) is 4.34. The number of halogens is 1. The Balaban J connectivity index is 2.52. The van der Waals surface area contributed by atoms with Gasteiger partial charge in [0, 0.05) is 13.1 Å². The number of hydrogen-bond acceptors (Lipinski definition) is 6. The summed E-state index contributed by atoms with van der Waals surface area (Å²) < 4.78 is 18.2. The summed E-state index contributed by atoms with van der Waals surface area (Å²) in [6, 6.07) is 1.70. The molecule has 112 valence electrons. The molecule has 0 aromatic heterocycles. The third kappa shape index (κ3) is 2.91. The minimum absolute atomic E-state index is 0.0108. The average molecular weight is 297 g/mol. The summed E-state index contributed by atoms with van der Waals surface area (Å²) in [4.78, 5) is 34.6. The molecule has 1 heterocycles. The van der Waals surface area contributed by atoms with E-state index in [9.17, 15) is 24.1 Å². The molecule has 0 saturated carbocycles. The van der Waals surface area contributed by atoms with Crippen molar-refractivity contribution < 1.29 is 23.6 Å². The zero-order chi connectivity index (χ0) is 15.6. The van der Waals surface area contributed by atoms with Gasteiger partial charge in [-0.2, -0.15) is 0 Å². The number of anilines is 1. The summed E-state index contributed by atoms with van der Waals surface area (Å²) in [6.07, 6.45) is 0. The summed E-state index contributed by atoms with van der Waals surface area (Å²) in [5.41, 5.74) is -0.907. The summed E-state index contributed by atoms with van der Waals surface area (Å²) in [7, 11) is 1.08. The van der Waals surface area contributed by atoms with Crippen LogP contribution in [0.4, 0.5) is 15.8 Å². The van der Waals surface area contributed by atoms with Crippen LogP contribution in [0.2, 0.25) is 0 Å². The number of benzene rings is 1. The van der Waals surface area contributed by atoms with Gasteiger partial charge in [-0.25, -0.2) is 9.18 Å². The highest BCUT2D eigenvalue weighted by molar-refractivity contribution is 5.93. The maximum absolute atomic E-state index is 13.8. The molecule has 0 radical (unpaired) electrons. The van der Waals surface area contributed by atoms with Gasteiger partial charge in [0.05, 0.1) is 30.2 Å². The largest absolute Gasteiger partial charge is 0.465 e. The van der Waals surface area contributed by atoms with Gasteiger partial charge in [0.15, 0.2) is 0 Å². The molecule has 21 heavy (non-hydrogen) atoms. The Hall–Kier alpha value is -2.71. The molecule has 1 aromatic rings. The van der Waals surface area contributed by atoms with Gasteiger partial charge in [0.1, 0.15) is 11.5 Å². The molecule has 1 fully saturated rings. The van der Waals surface area contributed by atoms with Gasteiger partial charge in [0.25, 0.3) is 5.69 Å². The molecular weight excluding hydrogens is 285 g/mol. The topological polar surface area (TPSA) is 102 Å². The van der Waals surface area contributed by atoms with Crippen LogP contribution in [0, 0.1) is 15.9 Å². The van der Waals surface area contributed by atoms with E-state index in [4.69, 9.17) is 0 Å². The van der Waals surface area contributed by atoms with E-state index in [0.29, 0.717) is 19.2 Å². The number of nitro benzene ring substituents is 1. The van der Waals surface area contributed by atoms with Crippen LogP contribution >= 0.6 is 0 Å². The number of nitrogens with zero attached hydrogens (tertiary/aromatic N) is 2. The fraction of sp³-hybridized carbons (Fsp3) is 0.333. The van der Waals surface area contributed by atoms with Crippen molar-refractivity contribution in [2.45, 2.75) is 0 Å². The van der Waals surface area contributed by atoms with Crippen LogP contribution in [0.3, 0.4) is 0 Å². The lowest BCUT2D eigenvalue weighted by Crippen LogP contribution is -2.47. The molecule has 8 nitrogen and oxygen atoms in total. The van der Waals surface area contributed by atoms with Crippen molar-refractivity contribution >= 4 is 23.3 Å². The lowest BCUT2D eigenvalue weighted by Gasteiger charge is -2.28. The fourth-order valence-electron chi connectivity index (χ4n) is 2.06.